The zero-order valence-corrected chi connectivity index (χ0v) is 14.9. The lowest BCUT2D eigenvalue weighted by Gasteiger charge is -2.35. The molecule has 4 nitrogen and oxygen atoms in total. The van der Waals surface area contributed by atoms with Crippen LogP contribution in [0.1, 0.15) is 35.7 Å². The van der Waals surface area contributed by atoms with E-state index in [1.165, 1.54) is 11.0 Å². The number of benzene rings is 1. The van der Waals surface area contributed by atoms with E-state index in [0.29, 0.717) is 25.0 Å². The molecule has 0 radical (unpaired) electrons. The zero-order valence-electron chi connectivity index (χ0n) is 14.2. The van der Waals surface area contributed by atoms with Crippen LogP contribution in [-0.4, -0.2) is 22.0 Å². The Hall–Kier alpha value is -2.42. The Morgan fingerprint density at radius 2 is 1.96 bits per heavy atom. The number of amides is 2. The standard InChI is InChI=1S/C18H13ClF5N3O/c19-11-7-14(12(20)6-10(11)18(22,23)24)26-17(28)27-8-1-3-15(27)9-2-4-16(21)25-13(9)5-8/h2,4,6-8,15H,1,3,5H2,(H,26,28)/t8-,15+/m1/s1. The quantitative estimate of drug-likeness (QED) is 0.504. The van der Waals surface area contributed by atoms with Crippen LogP contribution in [0.5, 0.6) is 0 Å². The van der Waals surface area contributed by atoms with Gasteiger partial charge < -0.3 is 10.2 Å². The van der Waals surface area contributed by atoms with Crippen LogP contribution >= 0.6 is 11.6 Å². The van der Waals surface area contributed by atoms with Gasteiger partial charge in [0.2, 0.25) is 5.95 Å². The Bertz CT molecular complexity index is 965. The highest BCUT2D eigenvalue weighted by Gasteiger charge is 2.43. The topological polar surface area (TPSA) is 45.2 Å². The molecule has 0 saturated carbocycles. The van der Waals surface area contributed by atoms with Crippen molar-refractivity contribution in [3.8, 4) is 0 Å². The molecular weight excluding hydrogens is 405 g/mol. The Labute approximate surface area is 161 Å². The van der Waals surface area contributed by atoms with Crippen LogP contribution in [0.15, 0.2) is 24.3 Å². The van der Waals surface area contributed by atoms with Crippen molar-refractivity contribution in [1.29, 1.82) is 0 Å². The summed E-state index contributed by atoms with van der Waals surface area (Å²) in [7, 11) is 0. The summed E-state index contributed by atoms with van der Waals surface area (Å²) in [6.07, 6.45) is -3.16. The number of nitrogens with zero attached hydrogens (tertiary/aromatic N) is 2. The number of carbonyl (C=O) groups is 1. The number of urea groups is 1. The summed E-state index contributed by atoms with van der Waals surface area (Å²) < 4.78 is 66.0. The number of aromatic nitrogens is 1. The number of pyridine rings is 1. The van der Waals surface area contributed by atoms with E-state index < -0.39 is 40.2 Å². The van der Waals surface area contributed by atoms with Crippen LogP contribution in [0, 0.1) is 11.8 Å². The van der Waals surface area contributed by atoms with Crippen molar-refractivity contribution in [2.45, 2.75) is 37.5 Å². The first kappa shape index (κ1) is 18.9. The Balaban J connectivity index is 1.60. The molecule has 2 bridgehead atoms. The second kappa shape index (κ2) is 6.58. The maximum atomic E-state index is 14.1. The molecule has 2 atom stereocenters. The molecule has 1 saturated heterocycles. The van der Waals surface area contributed by atoms with Crippen molar-refractivity contribution in [2.24, 2.45) is 0 Å². The minimum absolute atomic E-state index is 0.250. The van der Waals surface area contributed by atoms with Gasteiger partial charge in [0.1, 0.15) is 5.82 Å². The fourth-order valence-corrected chi connectivity index (χ4v) is 4.18. The van der Waals surface area contributed by atoms with E-state index in [0.717, 1.165) is 11.6 Å². The van der Waals surface area contributed by atoms with Gasteiger partial charge in [-0.15, -0.1) is 0 Å². The monoisotopic (exact) mass is 417 g/mol. The van der Waals surface area contributed by atoms with Gasteiger partial charge in [0.05, 0.1) is 28.0 Å². The Morgan fingerprint density at radius 3 is 2.68 bits per heavy atom. The third-order valence-corrected chi connectivity index (χ3v) is 5.42. The van der Waals surface area contributed by atoms with Gasteiger partial charge in [0.15, 0.2) is 0 Å². The lowest BCUT2D eigenvalue weighted by atomic mass is 9.98. The van der Waals surface area contributed by atoms with Gasteiger partial charge in [-0.1, -0.05) is 17.7 Å². The molecular formula is C18H13ClF5N3O. The summed E-state index contributed by atoms with van der Waals surface area (Å²) in [6.45, 7) is 0. The maximum Gasteiger partial charge on any atom is 0.417 e. The van der Waals surface area contributed by atoms with Gasteiger partial charge in [-0.25, -0.2) is 14.2 Å². The first-order valence-electron chi connectivity index (χ1n) is 8.46. The third-order valence-electron chi connectivity index (χ3n) is 5.10. The summed E-state index contributed by atoms with van der Waals surface area (Å²) in [5, 5.41) is 1.60. The minimum atomic E-state index is -4.81. The van der Waals surface area contributed by atoms with E-state index in [2.05, 4.69) is 10.3 Å². The number of alkyl halides is 3. The van der Waals surface area contributed by atoms with Crippen molar-refractivity contribution in [1.82, 2.24) is 9.88 Å². The average Bonchev–Trinajstić information content (AvgIpc) is 2.92. The number of carbonyl (C=O) groups excluding carboxylic acids is 1. The number of hydrogen-bond acceptors (Lipinski definition) is 2. The summed E-state index contributed by atoms with van der Waals surface area (Å²) in [5.41, 5.74) is -0.452. The highest BCUT2D eigenvalue weighted by molar-refractivity contribution is 6.31. The molecule has 148 valence electrons. The minimum Gasteiger partial charge on any atom is -0.314 e. The fraction of sp³-hybridized carbons (Fsp3) is 0.333. The van der Waals surface area contributed by atoms with Crippen LogP contribution in [-0.2, 0) is 12.6 Å². The number of fused-ring (bicyclic) bond motifs is 4. The summed E-state index contributed by atoms with van der Waals surface area (Å²) >= 11 is 5.61. The van der Waals surface area contributed by atoms with Crippen LogP contribution in [0.2, 0.25) is 5.02 Å². The number of anilines is 1. The molecule has 3 heterocycles. The van der Waals surface area contributed by atoms with Crippen molar-refractivity contribution in [2.75, 3.05) is 5.32 Å². The lowest BCUT2D eigenvalue weighted by Crippen LogP contribution is -2.44. The average molecular weight is 418 g/mol. The number of nitrogens with one attached hydrogen (secondary N) is 1. The van der Waals surface area contributed by atoms with E-state index in [1.807, 2.05) is 0 Å². The van der Waals surface area contributed by atoms with Crippen LogP contribution < -0.4 is 5.32 Å². The predicted octanol–water partition coefficient (Wildman–Crippen LogP) is 5.33. The molecule has 0 unspecified atom stereocenters. The molecule has 2 aromatic rings. The van der Waals surface area contributed by atoms with Crippen LogP contribution in [0.25, 0.3) is 0 Å². The predicted molar refractivity (Wildman–Crippen MR) is 90.9 cm³/mol. The molecule has 2 aliphatic heterocycles. The van der Waals surface area contributed by atoms with Gasteiger partial charge in [-0.3, -0.25) is 0 Å². The molecule has 10 heteroatoms. The highest BCUT2D eigenvalue weighted by Crippen LogP contribution is 2.44. The van der Waals surface area contributed by atoms with E-state index in [4.69, 9.17) is 11.6 Å². The zero-order chi connectivity index (χ0) is 20.2. The normalized spacial score (nSPS) is 20.9. The Kier molecular flexibility index (Phi) is 4.45. The van der Waals surface area contributed by atoms with Gasteiger partial charge >= 0.3 is 12.2 Å². The van der Waals surface area contributed by atoms with Gasteiger partial charge in [0.25, 0.3) is 0 Å². The molecule has 0 spiro atoms. The molecule has 1 N–H and O–H groups in total. The van der Waals surface area contributed by atoms with Crippen molar-refractivity contribution >= 4 is 23.3 Å². The molecule has 2 aliphatic rings. The summed E-state index contributed by atoms with van der Waals surface area (Å²) in [6, 6.07) is 2.52. The van der Waals surface area contributed by atoms with Crippen molar-refractivity contribution in [3.05, 3.63) is 57.9 Å². The van der Waals surface area contributed by atoms with Crippen molar-refractivity contribution < 1.29 is 26.7 Å². The lowest BCUT2D eigenvalue weighted by molar-refractivity contribution is -0.137. The van der Waals surface area contributed by atoms with Crippen LogP contribution in [0.3, 0.4) is 0 Å². The highest BCUT2D eigenvalue weighted by atomic mass is 35.5. The summed E-state index contributed by atoms with van der Waals surface area (Å²) in [4.78, 5) is 18.1. The number of rotatable bonds is 1. The first-order chi connectivity index (χ1) is 13.1. The summed E-state index contributed by atoms with van der Waals surface area (Å²) in [5.74, 6) is -1.84. The van der Waals surface area contributed by atoms with Gasteiger partial charge in [-0.05, 0) is 36.6 Å². The fourth-order valence-electron chi connectivity index (χ4n) is 3.91. The SMILES string of the molecule is O=C(Nc1cc(Cl)c(C(F)(F)F)cc1F)N1[C@@H]2CC[C@H]1c1ccc(F)nc1C2. The molecule has 28 heavy (non-hydrogen) atoms. The van der Waals surface area contributed by atoms with Crippen LogP contribution in [0.4, 0.5) is 32.4 Å². The Morgan fingerprint density at radius 1 is 1.21 bits per heavy atom. The molecule has 0 aliphatic carbocycles. The molecule has 1 fully saturated rings. The van der Waals surface area contributed by atoms with Gasteiger partial charge in [-0.2, -0.15) is 17.6 Å². The first-order valence-corrected chi connectivity index (χ1v) is 8.84. The second-order valence-electron chi connectivity index (χ2n) is 6.77. The third kappa shape index (κ3) is 3.17. The largest absolute Gasteiger partial charge is 0.417 e. The smallest absolute Gasteiger partial charge is 0.314 e. The maximum absolute atomic E-state index is 14.1. The van der Waals surface area contributed by atoms with E-state index >= 15 is 0 Å². The number of hydrogen-bond donors (Lipinski definition) is 1. The molecule has 4 rings (SSSR count). The van der Waals surface area contributed by atoms with Gasteiger partial charge in [0, 0.05) is 12.5 Å². The van der Waals surface area contributed by atoms with E-state index in [1.54, 1.807) is 6.07 Å². The molecule has 2 amide bonds. The molecule has 1 aromatic carbocycles. The molecule has 1 aromatic heterocycles. The van der Waals surface area contributed by atoms with E-state index in [9.17, 15) is 26.7 Å². The van der Waals surface area contributed by atoms with Crippen molar-refractivity contribution in [3.63, 3.8) is 0 Å². The number of halogens is 6. The van der Waals surface area contributed by atoms with E-state index in [-0.39, 0.29) is 18.2 Å². The second-order valence-corrected chi connectivity index (χ2v) is 7.18.